The molecule has 1 aromatic rings. The number of alkyl halides is 3. The van der Waals surface area contributed by atoms with Crippen molar-refractivity contribution in [2.45, 2.75) is 19.1 Å². The summed E-state index contributed by atoms with van der Waals surface area (Å²) in [6.45, 7) is 0.573. The third-order valence-corrected chi connectivity index (χ3v) is 2.63. The highest BCUT2D eigenvalue weighted by molar-refractivity contribution is 5.98. The molecule has 0 spiro atoms. The van der Waals surface area contributed by atoms with E-state index in [-0.39, 0.29) is 0 Å². The first-order valence-electron chi connectivity index (χ1n) is 6.09. The zero-order valence-electron chi connectivity index (χ0n) is 11.4. The van der Waals surface area contributed by atoms with Gasteiger partial charge < -0.3 is 15.7 Å². The van der Waals surface area contributed by atoms with E-state index in [4.69, 9.17) is 5.11 Å². The number of rotatable bonds is 5. The average molecular weight is 318 g/mol. The van der Waals surface area contributed by atoms with Crippen molar-refractivity contribution in [1.82, 2.24) is 10.6 Å². The first-order chi connectivity index (χ1) is 10.1. The van der Waals surface area contributed by atoms with Crippen molar-refractivity contribution in [3.8, 4) is 0 Å². The van der Waals surface area contributed by atoms with Crippen LogP contribution < -0.4 is 10.6 Å². The molecule has 0 bridgehead atoms. The van der Waals surface area contributed by atoms with Crippen LogP contribution in [0.4, 0.5) is 13.2 Å². The summed E-state index contributed by atoms with van der Waals surface area (Å²) in [4.78, 5) is 33.6. The maximum absolute atomic E-state index is 12.7. The Morgan fingerprint density at radius 3 is 2.36 bits per heavy atom. The van der Waals surface area contributed by atoms with Crippen LogP contribution in [0.2, 0.25) is 0 Å². The molecule has 120 valence electrons. The first kappa shape index (κ1) is 17.5. The molecule has 0 radical (unpaired) electrons. The molecule has 0 heterocycles. The minimum atomic E-state index is -4.70. The maximum Gasteiger partial charge on any atom is 0.417 e. The molecule has 9 heteroatoms. The second-order valence-electron chi connectivity index (χ2n) is 4.35. The topological polar surface area (TPSA) is 95.5 Å². The lowest BCUT2D eigenvalue weighted by molar-refractivity contribution is -0.141. The highest BCUT2D eigenvalue weighted by Crippen LogP contribution is 2.31. The Balaban J connectivity index is 2.71. The number of carboxylic acid groups (broad SMARTS) is 1. The fourth-order valence-electron chi connectivity index (χ4n) is 1.54. The average Bonchev–Trinajstić information content (AvgIpc) is 2.43. The van der Waals surface area contributed by atoms with Gasteiger partial charge in [0.15, 0.2) is 0 Å². The number of hydrogen-bond acceptors (Lipinski definition) is 3. The molecule has 1 aromatic carbocycles. The summed E-state index contributed by atoms with van der Waals surface area (Å²) in [5.41, 5.74) is -1.74. The van der Waals surface area contributed by atoms with Crippen LogP contribution in [-0.2, 0) is 15.8 Å². The molecule has 0 saturated carbocycles. The van der Waals surface area contributed by atoms with Crippen molar-refractivity contribution >= 4 is 17.8 Å². The Kier molecular flexibility index (Phi) is 5.50. The Morgan fingerprint density at radius 1 is 1.23 bits per heavy atom. The van der Waals surface area contributed by atoms with Crippen molar-refractivity contribution in [1.29, 1.82) is 0 Å². The number of nitrogens with one attached hydrogen (secondary N) is 2. The van der Waals surface area contributed by atoms with Gasteiger partial charge in [0.2, 0.25) is 5.91 Å². The molecule has 0 aliphatic rings. The van der Waals surface area contributed by atoms with E-state index in [1.807, 2.05) is 5.32 Å². The fourth-order valence-corrected chi connectivity index (χ4v) is 1.54. The quantitative estimate of drug-likeness (QED) is 0.755. The van der Waals surface area contributed by atoms with E-state index < -0.39 is 47.7 Å². The molecule has 0 aliphatic heterocycles. The number of carbonyl (C=O) groups excluding carboxylic acids is 2. The predicted octanol–water partition coefficient (Wildman–Crippen LogP) is 1.02. The van der Waals surface area contributed by atoms with Gasteiger partial charge in [0, 0.05) is 0 Å². The third kappa shape index (κ3) is 4.76. The summed E-state index contributed by atoms with van der Waals surface area (Å²) in [7, 11) is 0. The van der Waals surface area contributed by atoms with Gasteiger partial charge >= 0.3 is 12.1 Å². The lowest BCUT2D eigenvalue weighted by atomic mass is 10.1. The summed E-state index contributed by atoms with van der Waals surface area (Å²) in [5, 5.41) is 12.7. The minimum Gasteiger partial charge on any atom is -0.480 e. The molecule has 0 aromatic heterocycles. The van der Waals surface area contributed by atoms with Crippen LogP contribution in [0.1, 0.15) is 22.8 Å². The van der Waals surface area contributed by atoms with Crippen molar-refractivity contribution in [2.24, 2.45) is 0 Å². The van der Waals surface area contributed by atoms with Crippen LogP contribution in [0.15, 0.2) is 24.3 Å². The monoisotopic (exact) mass is 318 g/mol. The van der Waals surface area contributed by atoms with Crippen LogP contribution in [-0.4, -0.2) is 35.5 Å². The number of halogens is 3. The summed E-state index contributed by atoms with van der Waals surface area (Å²) >= 11 is 0. The standard InChI is InChI=1S/C13H13F3N2O4/c1-7(12(21)22)18-10(19)6-17-11(20)8-4-2-3-5-9(8)13(14,15)16/h2-5,7H,6H2,1H3,(H,17,20)(H,18,19)(H,21,22)/t7-/m1/s1. The number of amides is 2. The first-order valence-corrected chi connectivity index (χ1v) is 6.09. The summed E-state index contributed by atoms with van der Waals surface area (Å²) in [6, 6.07) is 2.96. The molecular weight excluding hydrogens is 305 g/mol. The molecule has 0 unspecified atom stereocenters. The zero-order valence-corrected chi connectivity index (χ0v) is 11.4. The maximum atomic E-state index is 12.7. The third-order valence-electron chi connectivity index (χ3n) is 2.63. The van der Waals surface area contributed by atoms with E-state index >= 15 is 0 Å². The van der Waals surface area contributed by atoms with E-state index in [1.54, 1.807) is 0 Å². The van der Waals surface area contributed by atoms with Gasteiger partial charge in [-0.15, -0.1) is 0 Å². The van der Waals surface area contributed by atoms with Gasteiger partial charge in [0.05, 0.1) is 17.7 Å². The Bertz CT molecular complexity index is 587. The molecule has 1 atom stereocenters. The van der Waals surface area contributed by atoms with Crippen LogP contribution in [0.25, 0.3) is 0 Å². The van der Waals surface area contributed by atoms with E-state index in [0.29, 0.717) is 0 Å². The summed E-state index contributed by atoms with van der Waals surface area (Å²) in [6.07, 6.45) is -4.70. The van der Waals surface area contributed by atoms with Gasteiger partial charge in [-0.05, 0) is 19.1 Å². The van der Waals surface area contributed by atoms with Gasteiger partial charge in [-0.25, -0.2) is 0 Å². The molecule has 0 saturated heterocycles. The van der Waals surface area contributed by atoms with Gasteiger partial charge in [0.1, 0.15) is 6.04 Å². The van der Waals surface area contributed by atoms with Crippen molar-refractivity contribution in [2.75, 3.05) is 6.54 Å². The smallest absolute Gasteiger partial charge is 0.417 e. The van der Waals surface area contributed by atoms with Gasteiger partial charge in [-0.2, -0.15) is 13.2 Å². The van der Waals surface area contributed by atoms with E-state index in [1.165, 1.54) is 13.0 Å². The molecule has 1 rings (SSSR count). The number of carbonyl (C=O) groups is 3. The van der Waals surface area contributed by atoms with Crippen molar-refractivity contribution in [3.63, 3.8) is 0 Å². The number of aliphatic carboxylic acids is 1. The number of carboxylic acids is 1. The predicted molar refractivity (Wildman–Crippen MR) is 69.0 cm³/mol. The molecular formula is C13H13F3N2O4. The highest BCUT2D eigenvalue weighted by atomic mass is 19.4. The second kappa shape index (κ2) is 6.92. The van der Waals surface area contributed by atoms with Crippen LogP contribution in [0.3, 0.4) is 0 Å². The Hall–Kier alpha value is -2.58. The summed E-state index contributed by atoms with van der Waals surface area (Å²) < 4.78 is 38.2. The molecule has 6 nitrogen and oxygen atoms in total. The minimum absolute atomic E-state index is 0.617. The highest BCUT2D eigenvalue weighted by Gasteiger charge is 2.34. The Labute approximate surface area is 123 Å². The normalized spacial score (nSPS) is 12.4. The van der Waals surface area contributed by atoms with Crippen molar-refractivity contribution in [3.05, 3.63) is 35.4 Å². The van der Waals surface area contributed by atoms with Crippen LogP contribution >= 0.6 is 0 Å². The van der Waals surface area contributed by atoms with Gasteiger partial charge in [0.25, 0.3) is 5.91 Å². The largest absolute Gasteiger partial charge is 0.480 e. The van der Waals surface area contributed by atoms with Crippen LogP contribution in [0, 0.1) is 0 Å². The van der Waals surface area contributed by atoms with Crippen molar-refractivity contribution < 1.29 is 32.7 Å². The van der Waals surface area contributed by atoms with Crippen LogP contribution in [0.5, 0.6) is 0 Å². The molecule has 0 fully saturated rings. The second-order valence-corrected chi connectivity index (χ2v) is 4.35. The van der Waals surface area contributed by atoms with Gasteiger partial charge in [-0.1, -0.05) is 12.1 Å². The fraction of sp³-hybridized carbons (Fsp3) is 0.308. The lowest BCUT2D eigenvalue weighted by Gasteiger charge is -2.13. The molecule has 0 aliphatic carbocycles. The summed E-state index contributed by atoms with van der Waals surface area (Å²) in [5.74, 6) is -3.18. The van der Waals surface area contributed by atoms with E-state index in [0.717, 1.165) is 18.2 Å². The lowest BCUT2D eigenvalue weighted by Crippen LogP contribution is -2.44. The number of hydrogen-bond donors (Lipinski definition) is 3. The van der Waals surface area contributed by atoms with Gasteiger partial charge in [-0.3, -0.25) is 14.4 Å². The molecule has 22 heavy (non-hydrogen) atoms. The molecule has 2 amide bonds. The van der Waals surface area contributed by atoms with E-state index in [2.05, 4.69) is 5.32 Å². The SMILES string of the molecule is C[C@@H](NC(=O)CNC(=O)c1ccccc1C(F)(F)F)C(=O)O. The zero-order chi connectivity index (χ0) is 16.9. The molecule has 3 N–H and O–H groups in total. The Morgan fingerprint density at radius 2 is 1.82 bits per heavy atom. The van der Waals surface area contributed by atoms with E-state index in [9.17, 15) is 27.6 Å². The number of benzene rings is 1.